The van der Waals surface area contributed by atoms with Gasteiger partial charge in [-0.15, -0.1) is 0 Å². The summed E-state index contributed by atoms with van der Waals surface area (Å²) in [6.45, 7) is 0. The Hall–Kier alpha value is -1.52. The van der Waals surface area contributed by atoms with Gasteiger partial charge in [-0.1, -0.05) is 0 Å². The molecule has 2 nitrogen and oxygen atoms in total. The Balaban J connectivity index is 3.23. The lowest BCUT2D eigenvalue weighted by Gasteiger charge is -2.16. The average Bonchev–Trinajstić information content (AvgIpc) is 2.16. The van der Waals surface area contributed by atoms with Crippen molar-refractivity contribution >= 4 is 11.5 Å². The van der Waals surface area contributed by atoms with Crippen molar-refractivity contribution in [2.45, 2.75) is 6.43 Å². The average molecular weight is 217 g/mol. The second-order valence-corrected chi connectivity index (χ2v) is 3.22. The molecule has 0 unspecified atom stereocenters. The molecule has 0 bridgehead atoms. The van der Waals surface area contributed by atoms with Gasteiger partial charge in [0.1, 0.15) is 5.82 Å². The Morgan fingerprint density at radius 2 is 1.93 bits per heavy atom. The first-order chi connectivity index (χ1) is 6.93. The lowest BCUT2D eigenvalue weighted by Crippen LogP contribution is -2.18. The van der Waals surface area contributed by atoms with E-state index >= 15 is 0 Å². The zero-order valence-electron chi connectivity index (χ0n) is 8.30. The van der Waals surface area contributed by atoms with E-state index in [-0.39, 0.29) is 11.3 Å². The maximum Gasteiger partial charge on any atom is 0.300 e. The lowest BCUT2D eigenvalue weighted by molar-refractivity contribution is 0.0679. The molecule has 1 aromatic rings. The van der Waals surface area contributed by atoms with Gasteiger partial charge in [0, 0.05) is 19.7 Å². The van der Waals surface area contributed by atoms with Gasteiger partial charge in [0.25, 0.3) is 0 Å². The van der Waals surface area contributed by atoms with E-state index in [1.165, 1.54) is 4.90 Å². The Kier molecular flexibility index (Phi) is 3.34. The van der Waals surface area contributed by atoms with Crippen LogP contribution in [0.3, 0.4) is 0 Å². The zero-order chi connectivity index (χ0) is 11.6. The first kappa shape index (κ1) is 11.6. The maximum atomic E-state index is 12.8. The van der Waals surface area contributed by atoms with Crippen LogP contribution < -0.4 is 4.90 Å². The number of halogens is 3. The van der Waals surface area contributed by atoms with Crippen LogP contribution in [0, 0.1) is 5.82 Å². The second-order valence-electron chi connectivity index (χ2n) is 3.22. The van der Waals surface area contributed by atoms with Gasteiger partial charge in [0.05, 0.1) is 5.69 Å². The Morgan fingerprint density at radius 1 is 1.33 bits per heavy atom. The molecule has 0 N–H and O–H groups in total. The van der Waals surface area contributed by atoms with Gasteiger partial charge in [0.2, 0.25) is 5.78 Å². The molecule has 0 radical (unpaired) electrons. The number of hydrogen-bond donors (Lipinski definition) is 0. The van der Waals surface area contributed by atoms with Crippen molar-refractivity contribution in [3.05, 3.63) is 29.6 Å². The highest BCUT2D eigenvalue weighted by Crippen LogP contribution is 2.22. The Bertz CT molecular complexity index is 377. The summed E-state index contributed by atoms with van der Waals surface area (Å²) in [5, 5.41) is 0. The number of benzene rings is 1. The van der Waals surface area contributed by atoms with Crippen LogP contribution in [0.4, 0.5) is 18.9 Å². The number of carbonyl (C=O) groups is 1. The van der Waals surface area contributed by atoms with Crippen LogP contribution in [0.2, 0.25) is 0 Å². The zero-order valence-corrected chi connectivity index (χ0v) is 8.30. The molecule has 1 aromatic carbocycles. The molecular formula is C10H10F3NO. The van der Waals surface area contributed by atoms with E-state index in [0.717, 1.165) is 18.2 Å². The van der Waals surface area contributed by atoms with Crippen LogP contribution in [-0.4, -0.2) is 26.3 Å². The largest absolute Gasteiger partial charge is 0.377 e. The van der Waals surface area contributed by atoms with Crippen molar-refractivity contribution < 1.29 is 18.0 Å². The Labute approximate surface area is 85.3 Å². The fraction of sp³-hybridized carbons (Fsp3) is 0.300. The highest BCUT2D eigenvalue weighted by atomic mass is 19.3. The number of carbonyl (C=O) groups excluding carboxylic acids is 1. The summed E-state index contributed by atoms with van der Waals surface area (Å²) in [5.74, 6) is -1.86. The van der Waals surface area contributed by atoms with Gasteiger partial charge < -0.3 is 4.90 Å². The molecule has 0 saturated carbocycles. The number of alkyl halides is 2. The molecule has 0 atom stereocenters. The molecule has 0 aliphatic heterocycles. The van der Waals surface area contributed by atoms with Crippen molar-refractivity contribution in [2.24, 2.45) is 0 Å². The summed E-state index contributed by atoms with van der Waals surface area (Å²) in [6.07, 6.45) is -3.07. The van der Waals surface area contributed by atoms with Crippen LogP contribution >= 0.6 is 0 Å². The van der Waals surface area contributed by atoms with E-state index in [2.05, 4.69) is 0 Å². The van der Waals surface area contributed by atoms with Crippen molar-refractivity contribution in [2.75, 3.05) is 19.0 Å². The number of nitrogens with zero attached hydrogens (tertiary/aromatic N) is 1. The van der Waals surface area contributed by atoms with E-state index in [9.17, 15) is 18.0 Å². The molecule has 15 heavy (non-hydrogen) atoms. The van der Waals surface area contributed by atoms with E-state index in [1.54, 1.807) is 14.1 Å². The van der Waals surface area contributed by atoms with Crippen LogP contribution in [-0.2, 0) is 0 Å². The number of rotatable bonds is 3. The summed E-state index contributed by atoms with van der Waals surface area (Å²) >= 11 is 0. The molecule has 0 aliphatic carbocycles. The number of hydrogen-bond acceptors (Lipinski definition) is 2. The molecule has 1 rings (SSSR count). The van der Waals surface area contributed by atoms with E-state index in [1.807, 2.05) is 0 Å². The molecular weight excluding hydrogens is 207 g/mol. The highest BCUT2D eigenvalue weighted by molar-refractivity contribution is 6.03. The molecule has 0 spiro atoms. The van der Waals surface area contributed by atoms with Crippen LogP contribution in [0.1, 0.15) is 10.4 Å². The number of Topliss-reactive ketones (excluding diaryl/α,β-unsaturated/α-hetero) is 1. The van der Waals surface area contributed by atoms with Crippen LogP contribution in [0.15, 0.2) is 18.2 Å². The van der Waals surface area contributed by atoms with Gasteiger partial charge in [-0.3, -0.25) is 4.79 Å². The van der Waals surface area contributed by atoms with Crippen molar-refractivity contribution in [3.8, 4) is 0 Å². The van der Waals surface area contributed by atoms with Crippen molar-refractivity contribution in [3.63, 3.8) is 0 Å². The number of ketones is 1. The third-order valence-corrected chi connectivity index (χ3v) is 1.91. The quantitative estimate of drug-likeness (QED) is 0.724. The van der Waals surface area contributed by atoms with Gasteiger partial charge in [-0.2, -0.15) is 0 Å². The topological polar surface area (TPSA) is 20.3 Å². The lowest BCUT2D eigenvalue weighted by atomic mass is 10.1. The fourth-order valence-corrected chi connectivity index (χ4v) is 1.20. The predicted molar refractivity (Wildman–Crippen MR) is 51.1 cm³/mol. The molecule has 0 fully saturated rings. The molecule has 0 aromatic heterocycles. The summed E-state index contributed by atoms with van der Waals surface area (Å²) in [4.78, 5) is 12.5. The molecule has 0 saturated heterocycles. The van der Waals surface area contributed by atoms with Gasteiger partial charge in [-0.25, -0.2) is 13.2 Å². The van der Waals surface area contributed by atoms with E-state index < -0.39 is 18.0 Å². The Morgan fingerprint density at radius 3 is 2.40 bits per heavy atom. The van der Waals surface area contributed by atoms with E-state index in [4.69, 9.17) is 0 Å². The molecule has 0 heterocycles. The molecule has 0 amide bonds. The summed E-state index contributed by atoms with van der Waals surface area (Å²) in [5.41, 5.74) is -0.0169. The van der Waals surface area contributed by atoms with Gasteiger partial charge >= 0.3 is 6.43 Å². The van der Waals surface area contributed by atoms with Gasteiger partial charge in [0.15, 0.2) is 0 Å². The van der Waals surface area contributed by atoms with Crippen molar-refractivity contribution in [1.82, 2.24) is 0 Å². The third-order valence-electron chi connectivity index (χ3n) is 1.91. The third kappa shape index (κ3) is 2.49. The summed E-state index contributed by atoms with van der Waals surface area (Å²) in [7, 11) is 3.11. The van der Waals surface area contributed by atoms with Crippen LogP contribution in [0.5, 0.6) is 0 Å². The molecule has 5 heteroatoms. The standard InChI is InChI=1S/C10H10F3NO/c1-14(2)8-5-6(11)3-4-7(8)9(15)10(12)13/h3-5,10H,1-2H3. The molecule has 0 aliphatic rings. The number of anilines is 1. The second kappa shape index (κ2) is 4.33. The first-order valence-corrected chi connectivity index (χ1v) is 4.22. The maximum absolute atomic E-state index is 12.8. The van der Waals surface area contributed by atoms with Gasteiger partial charge in [-0.05, 0) is 18.2 Å². The predicted octanol–water partition coefficient (Wildman–Crippen LogP) is 2.34. The SMILES string of the molecule is CN(C)c1cc(F)ccc1C(=O)C(F)F. The highest BCUT2D eigenvalue weighted by Gasteiger charge is 2.21. The molecule has 82 valence electrons. The van der Waals surface area contributed by atoms with E-state index in [0.29, 0.717) is 0 Å². The summed E-state index contributed by atoms with van der Waals surface area (Å²) in [6, 6.07) is 3.11. The van der Waals surface area contributed by atoms with Crippen LogP contribution in [0.25, 0.3) is 0 Å². The minimum atomic E-state index is -3.07. The minimum Gasteiger partial charge on any atom is -0.377 e. The summed E-state index contributed by atoms with van der Waals surface area (Å²) < 4.78 is 37.2. The fourth-order valence-electron chi connectivity index (χ4n) is 1.20. The smallest absolute Gasteiger partial charge is 0.300 e. The first-order valence-electron chi connectivity index (χ1n) is 4.22. The minimum absolute atomic E-state index is 0.153. The normalized spacial score (nSPS) is 10.5. The van der Waals surface area contributed by atoms with Crippen molar-refractivity contribution in [1.29, 1.82) is 0 Å². The monoisotopic (exact) mass is 217 g/mol.